The van der Waals surface area contributed by atoms with Gasteiger partial charge in [0.1, 0.15) is 12.1 Å². The van der Waals surface area contributed by atoms with Crippen molar-refractivity contribution < 1.29 is 4.74 Å². The van der Waals surface area contributed by atoms with Crippen LogP contribution in [0.4, 0.5) is 11.6 Å². The second-order valence-corrected chi connectivity index (χ2v) is 6.02. The van der Waals surface area contributed by atoms with Gasteiger partial charge in [0.2, 0.25) is 5.95 Å². The number of nitrogens with one attached hydrogen (secondary N) is 2. The van der Waals surface area contributed by atoms with E-state index in [2.05, 4.69) is 20.7 Å². The molecule has 2 N–H and O–H groups in total. The lowest BCUT2D eigenvalue weighted by Crippen LogP contribution is -2.20. The van der Waals surface area contributed by atoms with Crippen LogP contribution in [0.25, 0.3) is 0 Å². The monoisotopic (exact) mass is 373 g/mol. The normalized spacial score (nSPS) is 10.3. The van der Waals surface area contributed by atoms with Crippen LogP contribution in [0.5, 0.6) is 5.75 Å². The van der Waals surface area contributed by atoms with Crippen molar-refractivity contribution in [3.05, 3.63) is 65.4 Å². The fourth-order valence-corrected chi connectivity index (χ4v) is 2.67. The number of anilines is 2. The summed E-state index contributed by atoms with van der Waals surface area (Å²) < 4.78 is 6.99. The van der Waals surface area contributed by atoms with Crippen molar-refractivity contribution in [2.24, 2.45) is 0 Å². The Morgan fingerprint density at radius 3 is 2.84 bits per heavy atom. The number of ether oxygens (including phenoxy) is 1. The van der Waals surface area contributed by atoms with E-state index in [4.69, 9.17) is 28.6 Å². The van der Waals surface area contributed by atoms with Gasteiger partial charge < -0.3 is 10.1 Å². The molecule has 0 aliphatic rings. The van der Waals surface area contributed by atoms with Crippen LogP contribution in [-0.4, -0.2) is 27.0 Å². The number of thiocarbonyl (C=S) groups is 1. The highest BCUT2D eigenvalue weighted by molar-refractivity contribution is 7.80. The van der Waals surface area contributed by atoms with Gasteiger partial charge in [0.15, 0.2) is 5.11 Å². The number of rotatable bonds is 5. The predicted molar refractivity (Wildman–Crippen MR) is 103 cm³/mol. The molecule has 0 bridgehead atoms. The standard InChI is InChI=1S/C17H16ClN5OS/c1-24-15-8-3-2-7-14(15)20-17(25)21-16-19-11-23(22-16)10-12-5-4-6-13(18)9-12/h2-9,11H,10H2,1H3,(H2,20,21,22,25). The first-order valence-corrected chi connectivity index (χ1v) is 8.27. The van der Waals surface area contributed by atoms with Crippen molar-refractivity contribution in [2.75, 3.05) is 17.7 Å². The van der Waals surface area contributed by atoms with E-state index in [1.54, 1.807) is 18.1 Å². The number of aromatic nitrogens is 3. The summed E-state index contributed by atoms with van der Waals surface area (Å²) in [6, 6.07) is 15.1. The molecule has 8 heteroatoms. The molecular formula is C17H16ClN5OS. The molecule has 0 saturated heterocycles. The van der Waals surface area contributed by atoms with Crippen LogP contribution < -0.4 is 15.4 Å². The Bertz CT molecular complexity index is 883. The summed E-state index contributed by atoms with van der Waals surface area (Å²) in [7, 11) is 1.61. The van der Waals surface area contributed by atoms with E-state index < -0.39 is 0 Å². The lowest BCUT2D eigenvalue weighted by Gasteiger charge is -2.11. The van der Waals surface area contributed by atoms with Crippen LogP contribution in [0.15, 0.2) is 54.9 Å². The number of benzene rings is 2. The van der Waals surface area contributed by atoms with Gasteiger partial charge in [0.05, 0.1) is 19.3 Å². The van der Waals surface area contributed by atoms with Gasteiger partial charge in [-0.3, -0.25) is 5.32 Å². The Kier molecular flexibility index (Phi) is 5.47. The third-order valence-corrected chi connectivity index (χ3v) is 3.79. The third-order valence-electron chi connectivity index (χ3n) is 3.35. The van der Waals surface area contributed by atoms with Gasteiger partial charge in [-0.15, -0.1) is 5.10 Å². The van der Waals surface area contributed by atoms with E-state index in [-0.39, 0.29) is 0 Å². The molecule has 1 aromatic heterocycles. The van der Waals surface area contributed by atoms with Crippen molar-refractivity contribution in [1.82, 2.24) is 14.8 Å². The van der Waals surface area contributed by atoms with Crippen LogP contribution in [0, 0.1) is 0 Å². The smallest absolute Gasteiger partial charge is 0.248 e. The fraction of sp³-hybridized carbons (Fsp3) is 0.118. The number of para-hydroxylation sites is 2. The van der Waals surface area contributed by atoms with Gasteiger partial charge in [0.25, 0.3) is 0 Å². The lowest BCUT2D eigenvalue weighted by molar-refractivity contribution is 0.417. The summed E-state index contributed by atoms with van der Waals surface area (Å²) in [5.41, 5.74) is 1.81. The minimum Gasteiger partial charge on any atom is -0.495 e. The second-order valence-electron chi connectivity index (χ2n) is 5.18. The molecule has 1 heterocycles. The quantitative estimate of drug-likeness (QED) is 0.663. The maximum absolute atomic E-state index is 5.99. The van der Waals surface area contributed by atoms with E-state index in [9.17, 15) is 0 Å². The van der Waals surface area contributed by atoms with Crippen LogP contribution in [0.1, 0.15) is 5.56 Å². The molecule has 0 fully saturated rings. The number of methoxy groups -OCH3 is 1. The second kappa shape index (κ2) is 7.96. The molecule has 3 aromatic rings. The maximum atomic E-state index is 5.99. The first-order chi connectivity index (χ1) is 12.1. The topological polar surface area (TPSA) is 64.0 Å². The zero-order chi connectivity index (χ0) is 17.6. The van der Waals surface area contributed by atoms with Crippen LogP contribution in [0.2, 0.25) is 5.02 Å². The zero-order valence-corrected chi connectivity index (χ0v) is 15.0. The summed E-state index contributed by atoms with van der Waals surface area (Å²) in [5.74, 6) is 1.11. The molecular weight excluding hydrogens is 358 g/mol. The molecule has 2 aromatic carbocycles. The van der Waals surface area contributed by atoms with Gasteiger partial charge >= 0.3 is 0 Å². The SMILES string of the molecule is COc1ccccc1NC(=S)Nc1ncn(Cc2cccc(Cl)c2)n1. The van der Waals surface area contributed by atoms with Crippen molar-refractivity contribution in [3.8, 4) is 5.75 Å². The number of hydrogen-bond acceptors (Lipinski definition) is 4. The Labute approximate surface area is 155 Å². The number of nitrogens with zero attached hydrogens (tertiary/aromatic N) is 3. The summed E-state index contributed by atoms with van der Waals surface area (Å²) >= 11 is 11.3. The highest BCUT2D eigenvalue weighted by atomic mass is 35.5. The highest BCUT2D eigenvalue weighted by Gasteiger charge is 2.07. The molecule has 3 rings (SSSR count). The van der Waals surface area contributed by atoms with E-state index in [1.807, 2.05) is 48.5 Å². The average Bonchev–Trinajstić information content (AvgIpc) is 3.02. The van der Waals surface area contributed by atoms with Gasteiger partial charge in [-0.25, -0.2) is 9.67 Å². The van der Waals surface area contributed by atoms with Gasteiger partial charge in [0, 0.05) is 5.02 Å². The Morgan fingerprint density at radius 2 is 2.04 bits per heavy atom. The van der Waals surface area contributed by atoms with Crippen molar-refractivity contribution >= 4 is 40.6 Å². The van der Waals surface area contributed by atoms with E-state index in [1.165, 1.54) is 0 Å². The van der Waals surface area contributed by atoms with Crippen molar-refractivity contribution in [1.29, 1.82) is 0 Å². The summed E-state index contributed by atoms with van der Waals surface area (Å²) in [6.07, 6.45) is 1.63. The largest absolute Gasteiger partial charge is 0.495 e. The van der Waals surface area contributed by atoms with Gasteiger partial charge in [-0.1, -0.05) is 35.9 Å². The maximum Gasteiger partial charge on any atom is 0.248 e. The molecule has 0 amide bonds. The Morgan fingerprint density at radius 1 is 1.20 bits per heavy atom. The summed E-state index contributed by atoms with van der Waals surface area (Å²) in [5, 5.41) is 11.4. The summed E-state index contributed by atoms with van der Waals surface area (Å²) in [4.78, 5) is 4.21. The Balaban J connectivity index is 1.62. The van der Waals surface area contributed by atoms with Gasteiger partial charge in [-0.2, -0.15) is 0 Å². The van der Waals surface area contributed by atoms with E-state index >= 15 is 0 Å². The minimum absolute atomic E-state index is 0.380. The highest BCUT2D eigenvalue weighted by Crippen LogP contribution is 2.23. The molecule has 25 heavy (non-hydrogen) atoms. The molecule has 0 aliphatic carbocycles. The molecule has 6 nitrogen and oxygen atoms in total. The molecule has 0 atom stereocenters. The Hall–Kier alpha value is -2.64. The van der Waals surface area contributed by atoms with E-state index in [0.717, 1.165) is 11.3 Å². The predicted octanol–water partition coefficient (Wildman–Crippen LogP) is 3.80. The molecule has 0 aliphatic heterocycles. The third kappa shape index (κ3) is 4.68. The number of hydrogen-bond donors (Lipinski definition) is 2. The fourth-order valence-electron chi connectivity index (χ4n) is 2.25. The van der Waals surface area contributed by atoms with Gasteiger partial charge in [-0.05, 0) is 42.0 Å². The van der Waals surface area contributed by atoms with E-state index in [0.29, 0.717) is 28.4 Å². The molecule has 0 saturated carbocycles. The van der Waals surface area contributed by atoms with Crippen molar-refractivity contribution in [2.45, 2.75) is 6.54 Å². The molecule has 0 spiro atoms. The number of halogens is 1. The van der Waals surface area contributed by atoms with Crippen LogP contribution in [0.3, 0.4) is 0 Å². The van der Waals surface area contributed by atoms with Crippen molar-refractivity contribution in [3.63, 3.8) is 0 Å². The minimum atomic E-state index is 0.380. The molecule has 128 valence electrons. The molecule has 0 radical (unpaired) electrons. The zero-order valence-electron chi connectivity index (χ0n) is 13.4. The van der Waals surface area contributed by atoms with Crippen LogP contribution >= 0.6 is 23.8 Å². The van der Waals surface area contributed by atoms with Crippen LogP contribution in [-0.2, 0) is 6.54 Å². The average molecular weight is 374 g/mol. The molecule has 0 unspecified atom stereocenters. The summed E-state index contributed by atoms with van der Waals surface area (Å²) in [6.45, 7) is 0.571. The lowest BCUT2D eigenvalue weighted by atomic mass is 10.2. The first-order valence-electron chi connectivity index (χ1n) is 7.49. The first kappa shape index (κ1) is 17.2.